The number of nitrogens with two attached hydrogens (primary N) is 1. The third-order valence-electron chi connectivity index (χ3n) is 3.88. The Bertz CT molecular complexity index is 697. The number of hydrogen-bond acceptors (Lipinski definition) is 2. The van der Waals surface area contributed by atoms with Gasteiger partial charge in [-0.3, -0.25) is 4.79 Å². The summed E-state index contributed by atoms with van der Waals surface area (Å²) < 4.78 is 27.0. The van der Waals surface area contributed by atoms with Crippen LogP contribution < -0.4 is 11.1 Å². The van der Waals surface area contributed by atoms with Gasteiger partial charge in [-0.05, 0) is 30.5 Å². The molecular weight excluding hydrogens is 274 g/mol. The molecule has 0 atom stereocenters. The zero-order valence-electron chi connectivity index (χ0n) is 11.2. The molecule has 0 unspecified atom stereocenters. The highest BCUT2D eigenvalue weighted by Gasteiger charge is 2.51. The van der Waals surface area contributed by atoms with E-state index in [1.807, 2.05) is 30.3 Å². The molecule has 2 aromatic rings. The highest BCUT2D eigenvalue weighted by atomic mass is 19.2. The van der Waals surface area contributed by atoms with Gasteiger partial charge in [-0.1, -0.05) is 30.3 Å². The Morgan fingerprint density at radius 1 is 1.10 bits per heavy atom. The second-order valence-corrected chi connectivity index (χ2v) is 5.23. The van der Waals surface area contributed by atoms with Crippen molar-refractivity contribution < 1.29 is 13.6 Å². The van der Waals surface area contributed by atoms with E-state index in [2.05, 4.69) is 5.32 Å². The van der Waals surface area contributed by atoms with E-state index in [1.165, 1.54) is 6.07 Å². The van der Waals surface area contributed by atoms with Crippen molar-refractivity contribution in [2.75, 3.05) is 11.1 Å². The van der Waals surface area contributed by atoms with Gasteiger partial charge in [0.1, 0.15) is 5.69 Å². The smallest absolute Gasteiger partial charge is 0.235 e. The molecule has 1 fully saturated rings. The number of halogens is 2. The Morgan fingerprint density at radius 3 is 2.38 bits per heavy atom. The SMILES string of the molecule is Nc1ccc(F)c(F)c1NC(=O)C1(c2ccccc2)CC1. The van der Waals surface area contributed by atoms with Crippen molar-refractivity contribution >= 4 is 17.3 Å². The predicted octanol–water partition coefficient (Wildman–Crippen LogP) is 3.22. The molecule has 2 aromatic carbocycles. The number of nitrogen functional groups attached to an aromatic ring is 1. The van der Waals surface area contributed by atoms with Crippen LogP contribution in [-0.2, 0) is 10.2 Å². The van der Waals surface area contributed by atoms with E-state index < -0.39 is 17.0 Å². The third kappa shape index (κ3) is 2.24. The largest absolute Gasteiger partial charge is 0.397 e. The minimum Gasteiger partial charge on any atom is -0.397 e. The number of carbonyl (C=O) groups excluding carboxylic acids is 1. The van der Waals surface area contributed by atoms with E-state index in [4.69, 9.17) is 5.73 Å². The first kappa shape index (κ1) is 13.5. The predicted molar refractivity (Wildman–Crippen MR) is 76.8 cm³/mol. The Kier molecular flexibility index (Phi) is 3.12. The van der Waals surface area contributed by atoms with Crippen molar-refractivity contribution in [3.8, 4) is 0 Å². The van der Waals surface area contributed by atoms with Crippen molar-refractivity contribution in [2.24, 2.45) is 0 Å². The van der Waals surface area contributed by atoms with Crippen LogP contribution in [0, 0.1) is 11.6 Å². The Labute approximate surface area is 120 Å². The normalized spacial score (nSPS) is 15.5. The molecule has 1 amide bonds. The molecule has 0 bridgehead atoms. The van der Waals surface area contributed by atoms with Crippen LogP contribution in [0.5, 0.6) is 0 Å². The van der Waals surface area contributed by atoms with Gasteiger partial charge >= 0.3 is 0 Å². The fourth-order valence-electron chi connectivity index (χ4n) is 2.45. The number of rotatable bonds is 3. The quantitative estimate of drug-likeness (QED) is 0.852. The molecule has 108 valence electrons. The third-order valence-corrected chi connectivity index (χ3v) is 3.88. The molecule has 21 heavy (non-hydrogen) atoms. The van der Waals surface area contributed by atoms with Gasteiger partial charge in [-0.15, -0.1) is 0 Å². The maximum Gasteiger partial charge on any atom is 0.235 e. The van der Waals surface area contributed by atoms with Crippen LogP contribution in [0.1, 0.15) is 18.4 Å². The van der Waals surface area contributed by atoms with Gasteiger partial charge < -0.3 is 11.1 Å². The van der Waals surface area contributed by atoms with Crippen molar-refractivity contribution in [1.82, 2.24) is 0 Å². The van der Waals surface area contributed by atoms with Crippen LogP contribution in [0.2, 0.25) is 0 Å². The topological polar surface area (TPSA) is 55.1 Å². The summed E-state index contributed by atoms with van der Waals surface area (Å²) in [6.07, 6.45) is 1.36. The molecule has 3 rings (SSSR count). The van der Waals surface area contributed by atoms with Crippen LogP contribution in [0.25, 0.3) is 0 Å². The Balaban J connectivity index is 1.90. The van der Waals surface area contributed by atoms with Crippen molar-refractivity contribution in [3.63, 3.8) is 0 Å². The standard InChI is InChI=1S/C16H14F2N2O/c17-11-6-7-12(19)14(13(11)18)20-15(21)16(8-9-16)10-4-2-1-3-5-10/h1-7H,8-9,19H2,(H,20,21). The monoisotopic (exact) mass is 288 g/mol. The zero-order chi connectivity index (χ0) is 15.0. The summed E-state index contributed by atoms with van der Waals surface area (Å²) in [5.74, 6) is -2.53. The number of benzene rings is 2. The van der Waals surface area contributed by atoms with Crippen molar-refractivity contribution in [2.45, 2.75) is 18.3 Å². The molecule has 0 spiro atoms. The fourth-order valence-corrected chi connectivity index (χ4v) is 2.45. The molecule has 3 nitrogen and oxygen atoms in total. The van der Waals surface area contributed by atoms with E-state index in [0.29, 0.717) is 12.8 Å². The number of nitrogens with one attached hydrogen (secondary N) is 1. The van der Waals surface area contributed by atoms with E-state index in [1.54, 1.807) is 0 Å². The van der Waals surface area contributed by atoms with Crippen LogP contribution >= 0.6 is 0 Å². The second-order valence-electron chi connectivity index (χ2n) is 5.23. The molecule has 1 saturated carbocycles. The average Bonchev–Trinajstić information content (AvgIpc) is 3.30. The fraction of sp³-hybridized carbons (Fsp3) is 0.188. The summed E-state index contributed by atoms with van der Waals surface area (Å²) in [5.41, 5.74) is 5.55. The summed E-state index contributed by atoms with van der Waals surface area (Å²) >= 11 is 0. The summed E-state index contributed by atoms with van der Waals surface area (Å²) in [5, 5.41) is 2.44. The molecule has 3 N–H and O–H groups in total. The minimum absolute atomic E-state index is 0.00566. The van der Waals surface area contributed by atoms with Gasteiger partial charge in [-0.25, -0.2) is 8.78 Å². The second kappa shape index (κ2) is 4.84. The van der Waals surface area contributed by atoms with E-state index in [9.17, 15) is 13.6 Å². The first-order valence-electron chi connectivity index (χ1n) is 6.65. The van der Waals surface area contributed by atoms with E-state index in [-0.39, 0.29) is 17.3 Å². The van der Waals surface area contributed by atoms with Gasteiger partial charge in [0.05, 0.1) is 11.1 Å². The molecular formula is C16H14F2N2O. The number of carbonyl (C=O) groups is 1. The summed E-state index contributed by atoms with van der Waals surface area (Å²) in [6, 6.07) is 11.4. The molecule has 0 radical (unpaired) electrons. The van der Waals surface area contributed by atoms with Crippen LogP contribution in [0.3, 0.4) is 0 Å². The first-order chi connectivity index (χ1) is 10.0. The Morgan fingerprint density at radius 2 is 1.76 bits per heavy atom. The lowest BCUT2D eigenvalue weighted by molar-refractivity contribution is -0.118. The van der Waals surface area contributed by atoms with E-state index >= 15 is 0 Å². The number of hydrogen-bond donors (Lipinski definition) is 2. The average molecular weight is 288 g/mol. The lowest BCUT2D eigenvalue weighted by atomic mass is 9.95. The molecule has 1 aliphatic carbocycles. The minimum atomic E-state index is -1.13. The molecule has 5 heteroatoms. The van der Waals surface area contributed by atoms with Crippen molar-refractivity contribution in [3.05, 3.63) is 59.7 Å². The van der Waals surface area contributed by atoms with Crippen LogP contribution in [0.4, 0.5) is 20.2 Å². The molecule has 0 aliphatic heterocycles. The van der Waals surface area contributed by atoms with Gasteiger partial charge in [-0.2, -0.15) is 0 Å². The Hall–Kier alpha value is -2.43. The van der Waals surface area contributed by atoms with Gasteiger partial charge in [0, 0.05) is 0 Å². The molecule has 0 saturated heterocycles. The lowest BCUT2D eigenvalue weighted by Gasteiger charge is -2.17. The van der Waals surface area contributed by atoms with E-state index in [0.717, 1.165) is 11.6 Å². The van der Waals surface area contributed by atoms with Crippen molar-refractivity contribution in [1.29, 1.82) is 0 Å². The first-order valence-corrected chi connectivity index (χ1v) is 6.65. The number of amides is 1. The highest BCUT2D eigenvalue weighted by Crippen LogP contribution is 2.49. The van der Waals surface area contributed by atoms with Gasteiger partial charge in [0.15, 0.2) is 11.6 Å². The summed E-state index contributed by atoms with van der Waals surface area (Å²) in [4.78, 5) is 12.5. The van der Waals surface area contributed by atoms with Crippen LogP contribution in [-0.4, -0.2) is 5.91 Å². The lowest BCUT2D eigenvalue weighted by Crippen LogP contribution is -2.28. The maximum atomic E-state index is 13.8. The summed E-state index contributed by atoms with van der Waals surface area (Å²) in [7, 11) is 0. The van der Waals surface area contributed by atoms with Gasteiger partial charge in [0.2, 0.25) is 5.91 Å². The number of anilines is 2. The zero-order valence-corrected chi connectivity index (χ0v) is 11.2. The molecule has 0 aromatic heterocycles. The summed E-state index contributed by atoms with van der Waals surface area (Å²) in [6.45, 7) is 0. The van der Waals surface area contributed by atoms with Gasteiger partial charge in [0.25, 0.3) is 0 Å². The molecule has 0 heterocycles. The molecule has 1 aliphatic rings. The highest BCUT2D eigenvalue weighted by molar-refractivity contribution is 6.03. The maximum absolute atomic E-state index is 13.8. The van der Waals surface area contributed by atoms with Crippen LogP contribution in [0.15, 0.2) is 42.5 Å².